The third-order valence-electron chi connectivity index (χ3n) is 7.49. The highest BCUT2D eigenvalue weighted by molar-refractivity contribution is 9.10. The van der Waals surface area contributed by atoms with E-state index in [4.69, 9.17) is 11.6 Å². The molecule has 0 fully saturated rings. The number of rotatable bonds is 13. The van der Waals surface area contributed by atoms with E-state index in [1.807, 2.05) is 25.1 Å². The standard InChI is InChI=1S/C35H34BrClF3N3O4S/c1-3-18-41-34(45)32(20-25-8-5-4-6-9-25)42(22-26-10-7-11-27(36)19-26)33(44)23-43(48(46,47)29-15-12-24(2)13-16-29)28-14-17-31(37)30(21-28)35(38,39)40/h4-17,19,21,32H,3,18,20,22-23H2,1-2H3,(H,41,45). The number of anilines is 1. The average Bonchev–Trinajstić information content (AvgIpc) is 3.04. The summed E-state index contributed by atoms with van der Waals surface area (Å²) in [6.07, 6.45) is -4.18. The minimum absolute atomic E-state index is 0.0951. The summed E-state index contributed by atoms with van der Waals surface area (Å²) in [4.78, 5) is 29.3. The second-order valence-electron chi connectivity index (χ2n) is 11.1. The number of hydrogen-bond donors (Lipinski definition) is 1. The summed E-state index contributed by atoms with van der Waals surface area (Å²) in [6, 6.07) is 23.4. The first-order valence-corrected chi connectivity index (χ1v) is 17.6. The van der Waals surface area contributed by atoms with Crippen molar-refractivity contribution in [2.45, 2.75) is 50.3 Å². The lowest BCUT2D eigenvalue weighted by Crippen LogP contribution is -2.53. The molecule has 2 amide bonds. The van der Waals surface area contributed by atoms with Gasteiger partial charge in [-0.25, -0.2) is 8.42 Å². The zero-order valence-corrected chi connectivity index (χ0v) is 29.3. The van der Waals surface area contributed by atoms with Crippen LogP contribution < -0.4 is 9.62 Å². The van der Waals surface area contributed by atoms with E-state index in [9.17, 15) is 31.2 Å². The van der Waals surface area contributed by atoms with Gasteiger partial charge in [-0.1, -0.05) is 94.6 Å². The number of nitrogens with one attached hydrogen (secondary N) is 1. The second kappa shape index (κ2) is 16.0. The van der Waals surface area contributed by atoms with Gasteiger partial charge >= 0.3 is 6.18 Å². The highest BCUT2D eigenvalue weighted by Gasteiger charge is 2.37. The maximum atomic E-state index is 14.5. The highest BCUT2D eigenvalue weighted by Crippen LogP contribution is 2.38. The molecule has 1 N–H and O–H groups in total. The molecule has 0 aliphatic heterocycles. The van der Waals surface area contributed by atoms with E-state index in [0.717, 1.165) is 23.3 Å². The van der Waals surface area contributed by atoms with Crippen molar-refractivity contribution < 1.29 is 31.2 Å². The van der Waals surface area contributed by atoms with E-state index in [2.05, 4.69) is 21.2 Å². The van der Waals surface area contributed by atoms with E-state index < -0.39 is 56.9 Å². The average molecular weight is 765 g/mol. The van der Waals surface area contributed by atoms with Gasteiger partial charge in [-0.3, -0.25) is 13.9 Å². The molecule has 0 saturated carbocycles. The number of halogens is 5. The lowest BCUT2D eigenvalue weighted by Gasteiger charge is -2.34. The Hall–Kier alpha value is -3.87. The van der Waals surface area contributed by atoms with Gasteiger partial charge in [0.15, 0.2) is 0 Å². The lowest BCUT2D eigenvalue weighted by atomic mass is 10.0. The van der Waals surface area contributed by atoms with Crippen molar-refractivity contribution in [2.75, 3.05) is 17.4 Å². The topological polar surface area (TPSA) is 86.8 Å². The zero-order valence-electron chi connectivity index (χ0n) is 26.2. The smallest absolute Gasteiger partial charge is 0.354 e. The minimum atomic E-state index is -4.90. The van der Waals surface area contributed by atoms with Crippen LogP contribution in [0.25, 0.3) is 0 Å². The van der Waals surface area contributed by atoms with Crippen LogP contribution in [-0.2, 0) is 38.8 Å². The number of aryl methyl sites for hydroxylation is 1. The van der Waals surface area contributed by atoms with Gasteiger partial charge in [0.1, 0.15) is 12.6 Å². The highest BCUT2D eigenvalue weighted by atomic mass is 79.9. The fourth-order valence-electron chi connectivity index (χ4n) is 5.00. The van der Waals surface area contributed by atoms with Crippen LogP contribution in [0, 0.1) is 6.92 Å². The molecule has 0 bridgehead atoms. The molecule has 48 heavy (non-hydrogen) atoms. The number of sulfonamides is 1. The van der Waals surface area contributed by atoms with Crippen LogP contribution in [0.3, 0.4) is 0 Å². The molecule has 0 heterocycles. The van der Waals surface area contributed by atoms with Gasteiger partial charge in [0.2, 0.25) is 11.8 Å². The van der Waals surface area contributed by atoms with Crippen molar-refractivity contribution >= 4 is 55.1 Å². The van der Waals surface area contributed by atoms with Crippen LogP contribution >= 0.6 is 27.5 Å². The molecule has 4 rings (SSSR count). The number of carbonyl (C=O) groups is 2. The molecule has 254 valence electrons. The molecule has 0 aromatic heterocycles. The molecule has 4 aromatic carbocycles. The first-order valence-electron chi connectivity index (χ1n) is 15.0. The summed E-state index contributed by atoms with van der Waals surface area (Å²) >= 11 is 9.30. The molecule has 7 nitrogen and oxygen atoms in total. The predicted octanol–water partition coefficient (Wildman–Crippen LogP) is 7.79. The Bertz CT molecular complexity index is 1840. The molecular formula is C35H34BrClF3N3O4S. The van der Waals surface area contributed by atoms with Crippen LogP contribution in [0.4, 0.5) is 18.9 Å². The SMILES string of the molecule is CCCNC(=O)C(Cc1ccccc1)N(Cc1cccc(Br)c1)C(=O)CN(c1ccc(Cl)c(C(F)(F)F)c1)S(=O)(=O)c1ccc(C)cc1. The molecule has 0 aliphatic rings. The molecule has 1 atom stereocenters. The van der Waals surface area contributed by atoms with Crippen LogP contribution in [0.1, 0.15) is 35.6 Å². The van der Waals surface area contributed by atoms with Gasteiger partial charge in [-0.05, 0) is 66.9 Å². The fraction of sp³-hybridized carbons (Fsp3) is 0.257. The van der Waals surface area contributed by atoms with E-state index in [1.54, 1.807) is 55.5 Å². The molecule has 0 saturated heterocycles. The first-order chi connectivity index (χ1) is 22.7. The summed E-state index contributed by atoms with van der Waals surface area (Å²) in [7, 11) is -4.61. The van der Waals surface area contributed by atoms with Gasteiger partial charge in [0, 0.05) is 24.0 Å². The molecule has 4 aromatic rings. The molecule has 13 heteroatoms. The van der Waals surface area contributed by atoms with E-state index >= 15 is 0 Å². The van der Waals surface area contributed by atoms with Crippen molar-refractivity contribution in [3.8, 4) is 0 Å². The summed E-state index contributed by atoms with van der Waals surface area (Å²) in [5.41, 5.74) is 0.461. The van der Waals surface area contributed by atoms with Crippen molar-refractivity contribution in [3.63, 3.8) is 0 Å². The first kappa shape index (κ1) is 37.0. The maximum absolute atomic E-state index is 14.5. The second-order valence-corrected chi connectivity index (χ2v) is 14.3. The Balaban J connectivity index is 1.86. The monoisotopic (exact) mass is 763 g/mol. The van der Waals surface area contributed by atoms with Gasteiger partial charge in [0.05, 0.1) is 21.2 Å². The normalized spacial score (nSPS) is 12.3. The number of benzene rings is 4. The fourth-order valence-corrected chi connectivity index (χ4v) is 7.08. The van der Waals surface area contributed by atoms with Crippen molar-refractivity contribution in [2.24, 2.45) is 0 Å². The van der Waals surface area contributed by atoms with Crippen molar-refractivity contribution in [3.05, 3.63) is 129 Å². The Kier molecular flexibility index (Phi) is 12.3. The van der Waals surface area contributed by atoms with Gasteiger partial charge < -0.3 is 10.2 Å². The van der Waals surface area contributed by atoms with Crippen LogP contribution in [-0.4, -0.2) is 44.3 Å². The van der Waals surface area contributed by atoms with Crippen LogP contribution in [0.15, 0.2) is 106 Å². The van der Waals surface area contributed by atoms with Gasteiger partial charge in [0.25, 0.3) is 10.0 Å². The molecule has 0 aliphatic carbocycles. The molecule has 0 radical (unpaired) electrons. The zero-order chi connectivity index (χ0) is 35.1. The summed E-state index contributed by atoms with van der Waals surface area (Å²) in [5, 5.41) is 2.22. The van der Waals surface area contributed by atoms with E-state index in [1.165, 1.54) is 17.0 Å². The number of carbonyl (C=O) groups excluding carboxylic acids is 2. The quantitative estimate of drug-likeness (QED) is 0.151. The summed E-state index contributed by atoms with van der Waals surface area (Å²) in [5.74, 6) is -1.26. The maximum Gasteiger partial charge on any atom is 0.417 e. The Morgan fingerprint density at radius 1 is 0.917 bits per heavy atom. The van der Waals surface area contributed by atoms with Crippen molar-refractivity contribution in [1.29, 1.82) is 0 Å². The predicted molar refractivity (Wildman–Crippen MR) is 184 cm³/mol. The molecule has 1 unspecified atom stereocenters. The van der Waals surface area contributed by atoms with Crippen LogP contribution in [0.5, 0.6) is 0 Å². The Morgan fingerprint density at radius 2 is 1.58 bits per heavy atom. The number of amides is 2. The van der Waals surface area contributed by atoms with Crippen molar-refractivity contribution in [1.82, 2.24) is 10.2 Å². The number of alkyl halides is 3. The largest absolute Gasteiger partial charge is 0.417 e. The van der Waals surface area contributed by atoms with Crippen LogP contribution in [0.2, 0.25) is 5.02 Å². The third-order valence-corrected chi connectivity index (χ3v) is 10.1. The summed E-state index contributed by atoms with van der Waals surface area (Å²) < 4.78 is 71.5. The van der Waals surface area contributed by atoms with E-state index in [-0.39, 0.29) is 17.9 Å². The Labute approximate surface area is 291 Å². The Morgan fingerprint density at radius 3 is 2.21 bits per heavy atom. The molecular weight excluding hydrogens is 731 g/mol. The molecule has 0 spiro atoms. The summed E-state index contributed by atoms with van der Waals surface area (Å²) in [6.45, 7) is 2.97. The lowest BCUT2D eigenvalue weighted by molar-refractivity contribution is -0.140. The number of hydrogen-bond acceptors (Lipinski definition) is 4. The minimum Gasteiger partial charge on any atom is -0.354 e. The van der Waals surface area contributed by atoms with Gasteiger partial charge in [-0.15, -0.1) is 0 Å². The van der Waals surface area contributed by atoms with E-state index in [0.29, 0.717) is 33.4 Å². The third kappa shape index (κ3) is 9.39. The number of nitrogens with zero attached hydrogens (tertiary/aromatic N) is 2. The van der Waals surface area contributed by atoms with Gasteiger partial charge in [-0.2, -0.15) is 13.2 Å².